The highest BCUT2D eigenvalue weighted by atomic mass is 35.5. The van der Waals surface area contributed by atoms with E-state index in [1.165, 1.54) is 9.96 Å². The summed E-state index contributed by atoms with van der Waals surface area (Å²) in [5.41, 5.74) is 0.645. The van der Waals surface area contributed by atoms with E-state index >= 15 is 0 Å². The van der Waals surface area contributed by atoms with Crippen LogP contribution in [0.5, 0.6) is 0 Å². The van der Waals surface area contributed by atoms with Crippen molar-refractivity contribution in [3.8, 4) is 0 Å². The average molecular weight is 213 g/mol. The summed E-state index contributed by atoms with van der Waals surface area (Å²) in [5.74, 6) is 0. The highest BCUT2D eigenvalue weighted by Crippen LogP contribution is 2.23. The quantitative estimate of drug-likeness (QED) is 0.714. The maximum atomic E-state index is 11.5. The van der Waals surface area contributed by atoms with Gasteiger partial charge in [0.2, 0.25) is 0 Å². The molecule has 1 aliphatic heterocycles. The van der Waals surface area contributed by atoms with Crippen LogP contribution < -0.4 is 5.06 Å². The van der Waals surface area contributed by atoms with Crippen LogP contribution in [0.4, 0.5) is 10.5 Å². The Hall–Kier alpha value is -1.26. The molecular formula is C9H9ClN2O2. The number of hydrogen-bond acceptors (Lipinski definition) is 2. The summed E-state index contributed by atoms with van der Waals surface area (Å²) in [6, 6.07) is 6.77. The summed E-state index contributed by atoms with van der Waals surface area (Å²) in [6.45, 7) is 0.269. The molecule has 2 rings (SSSR count). The van der Waals surface area contributed by atoms with Crippen LogP contribution in [0.2, 0.25) is 5.02 Å². The molecule has 0 saturated carbocycles. The zero-order chi connectivity index (χ0) is 10.1. The maximum Gasteiger partial charge on any atom is 0.350 e. The summed E-state index contributed by atoms with van der Waals surface area (Å²) in [7, 11) is 1.67. The van der Waals surface area contributed by atoms with Gasteiger partial charge >= 0.3 is 6.03 Å². The van der Waals surface area contributed by atoms with Gasteiger partial charge in [-0.25, -0.2) is 9.63 Å². The lowest BCUT2D eigenvalue weighted by atomic mass is 10.3. The largest absolute Gasteiger partial charge is 0.350 e. The van der Waals surface area contributed by atoms with Gasteiger partial charge < -0.3 is 0 Å². The van der Waals surface area contributed by atoms with E-state index in [1.807, 2.05) is 0 Å². The molecule has 1 aromatic rings. The van der Waals surface area contributed by atoms with Gasteiger partial charge in [0.15, 0.2) is 6.73 Å². The van der Waals surface area contributed by atoms with E-state index in [9.17, 15) is 4.79 Å². The molecule has 1 heterocycles. The fourth-order valence-electron chi connectivity index (χ4n) is 1.20. The fourth-order valence-corrected chi connectivity index (χ4v) is 1.38. The molecular weight excluding hydrogens is 204 g/mol. The lowest BCUT2D eigenvalue weighted by Crippen LogP contribution is -2.28. The Morgan fingerprint density at radius 1 is 1.50 bits per heavy atom. The monoisotopic (exact) mass is 212 g/mol. The molecule has 0 bridgehead atoms. The normalized spacial score (nSPS) is 16.6. The first-order chi connectivity index (χ1) is 6.68. The molecule has 0 N–H and O–H groups in total. The Kier molecular flexibility index (Phi) is 2.31. The number of anilines is 1. The number of urea groups is 1. The number of nitrogens with zero attached hydrogens (tertiary/aromatic N) is 2. The highest BCUT2D eigenvalue weighted by molar-refractivity contribution is 6.30. The van der Waals surface area contributed by atoms with E-state index < -0.39 is 0 Å². The Balaban J connectivity index is 2.28. The van der Waals surface area contributed by atoms with E-state index in [1.54, 1.807) is 31.3 Å². The molecule has 1 fully saturated rings. The van der Waals surface area contributed by atoms with Crippen molar-refractivity contribution in [2.75, 3.05) is 18.8 Å². The number of rotatable bonds is 1. The SMILES string of the molecule is CN1CON(c2cccc(Cl)c2)C1=O. The molecule has 1 saturated heterocycles. The van der Waals surface area contributed by atoms with Gasteiger partial charge in [-0.05, 0) is 18.2 Å². The molecule has 2 amide bonds. The molecule has 14 heavy (non-hydrogen) atoms. The molecule has 0 aromatic heterocycles. The molecule has 0 atom stereocenters. The number of hydrogen-bond donors (Lipinski definition) is 0. The van der Waals surface area contributed by atoms with E-state index in [-0.39, 0.29) is 12.8 Å². The zero-order valence-corrected chi connectivity index (χ0v) is 8.36. The zero-order valence-electron chi connectivity index (χ0n) is 7.61. The van der Waals surface area contributed by atoms with Gasteiger partial charge in [0.05, 0.1) is 5.69 Å². The second-order valence-electron chi connectivity index (χ2n) is 3.01. The van der Waals surface area contributed by atoms with Crippen LogP contribution in [-0.2, 0) is 4.84 Å². The number of hydroxylamine groups is 1. The van der Waals surface area contributed by atoms with Crippen molar-refractivity contribution in [2.24, 2.45) is 0 Å². The minimum absolute atomic E-state index is 0.188. The molecule has 0 radical (unpaired) electrons. The first-order valence-corrected chi connectivity index (χ1v) is 4.50. The van der Waals surface area contributed by atoms with Gasteiger partial charge in [-0.2, -0.15) is 5.06 Å². The Morgan fingerprint density at radius 3 is 2.86 bits per heavy atom. The van der Waals surface area contributed by atoms with Crippen molar-refractivity contribution in [3.05, 3.63) is 29.3 Å². The van der Waals surface area contributed by atoms with Crippen molar-refractivity contribution < 1.29 is 9.63 Å². The minimum Gasteiger partial charge on any atom is -0.300 e. The van der Waals surface area contributed by atoms with E-state index in [0.29, 0.717) is 10.7 Å². The van der Waals surface area contributed by atoms with Crippen LogP contribution in [0.1, 0.15) is 0 Å². The molecule has 0 unspecified atom stereocenters. The van der Waals surface area contributed by atoms with Crippen LogP contribution in [-0.4, -0.2) is 24.7 Å². The predicted octanol–water partition coefficient (Wildman–Crippen LogP) is 2.10. The lowest BCUT2D eigenvalue weighted by molar-refractivity contribution is 0.133. The topological polar surface area (TPSA) is 32.8 Å². The average Bonchev–Trinajstić information content (AvgIpc) is 2.48. The van der Waals surface area contributed by atoms with Gasteiger partial charge in [0.1, 0.15) is 0 Å². The van der Waals surface area contributed by atoms with Crippen molar-refractivity contribution in [1.29, 1.82) is 0 Å². The fraction of sp³-hybridized carbons (Fsp3) is 0.222. The molecule has 0 aliphatic carbocycles. The van der Waals surface area contributed by atoms with Crippen molar-refractivity contribution in [1.82, 2.24) is 4.90 Å². The predicted molar refractivity (Wildman–Crippen MR) is 53.0 cm³/mol. The maximum absolute atomic E-state index is 11.5. The molecule has 0 spiro atoms. The van der Waals surface area contributed by atoms with Gasteiger partial charge in [0.25, 0.3) is 0 Å². The van der Waals surface area contributed by atoms with Crippen molar-refractivity contribution in [3.63, 3.8) is 0 Å². The number of carbonyl (C=O) groups is 1. The van der Waals surface area contributed by atoms with E-state index in [4.69, 9.17) is 16.4 Å². The summed E-state index contributed by atoms with van der Waals surface area (Å²) in [5, 5.41) is 1.81. The summed E-state index contributed by atoms with van der Waals surface area (Å²) < 4.78 is 0. The Morgan fingerprint density at radius 2 is 2.29 bits per heavy atom. The number of halogens is 1. The third-order valence-electron chi connectivity index (χ3n) is 1.92. The third-order valence-corrected chi connectivity index (χ3v) is 2.16. The van der Waals surface area contributed by atoms with Gasteiger partial charge in [-0.15, -0.1) is 0 Å². The van der Waals surface area contributed by atoms with Crippen LogP contribution in [0.25, 0.3) is 0 Å². The molecule has 4 nitrogen and oxygen atoms in total. The standard InChI is InChI=1S/C9H9ClN2O2/c1-11-6-14-12(9(11)13)8-4-2-3-7(10)5-8/h2-5H,6H2,1H3. The van der Waals surface area contributed by atoms with E-state index in [0.717, 1.165) is 0 Å². The van der Waals surface area contributed by atoms with Crippen molar-refractivity contribution in [2.45, 2.75) is 0 Å². The smallest absolute Gasteiger partial charge is 0.300 e. The van der Waals surface area contributed by atoms with Crippen LogP contribution >= 0.6 is 11.6 Å². The molecule has 5 heteroatoms. The van der Waals surface area contributed by atoms with Gasteiger partial charge in [-0.3, -0.25) is 4.90 Å². The highest BCUT2D eigenvalue weighted by Gasteiger charge is 2.28. The first kappa shape index (κ1) is 9.30. The minimum atomic E-state index is -0.188. The number of benzene rings is 1. The second-order valence-corrected chi connectivity index (χ2v) is 3.45. The van der Waals surface area contributed by atoms with Crippen LogP contribution in [0, 0.1) is 0 Å². The summed E-state index contributed by atoms with van der Waals surface area (Å²) in [6.07, 6.45) is 0. The Bertz CT molecular complexity index is 370. The van der Waals surface area contributed by atoms with Gasteiger partial charge in [-0.1, -0.05) is 17.7 Å². The number of carbonyl (C=O) groups excluding carboxylic acids is 1. The summed E-state index contributed by atoms with van der Waals surface area (Å²) >= 11 is 5.80. The van der Waals surface area contributed by atoms with Crippen LogP contribution in [0.3, 0.4) is 0 Å². The van der Waals surface area contributed by atoms with Gasteiger partial charge in [0, 0.05) is 12.1 Å². The lowest BCUT2D eigenvalue weighted by Gasteiger charge is -2.12. The second kappa shape index (κ2) is 3.48. The summed E-state index contributed by atoms with van der Waals surface area (Å²) in [4.78, 5) is 18.1. The van der Waals surface area contributed by atoms with E-state index in [2.05, 4.69) is 0 Å². The first-order valence-electron chi connectivity index (χ1n) is 4.12. The molecule has 74 valence electrons. The molecule has 1 aromatic carbocycles. The van der Waals surface area contributed by atoms with Crippen molar-refractivity contribution >= 4 is 23.3 Å². The Labute approximate surface area is 86.6 Å². The molecule has 1 aliphatic rings. The third kappa shape index (κ3) is 1.54. The number of amides is 2. The van der Waals surface area contributed by atoms with Crippen LogP contribution in [0.15, 0.2) is 24.3 Å².